The molecule has 0 aliphatic rings. The quantitative estimate of drug-likeness (QED) is 0.0897. The normalized spacial score (nSPS) is 11.0. The number of hydrogen-bond donors (Lipinski definition) is 0. The summed E-state index contributed by atoms with van der Waals surface area (Å²) < 4.78 is 16.8. The minimum atomic E-state index is -0.170. The number of nitrogens with zero attached hydrogens (tertiary/aromatic N) is 2. The lowest BCUT2D eigenvalue weighted by Gasteiger charge is -2.08. The van der Waals surface area contributed by atoms with E-state index >= 15 is 0 Å². The van der Waals surface area contributed by atoms with Gasteiger partial charge in [-0.3, -0.25) is 4.79 Å². The molecule has 0 saturated carbocycles. The Balaban J connectivity index is 1.58. The molecule has 2 aromatic rings. The molecule has 6 heteroatoms. The first kappa shape index (κ1) is 30.8. The van der Waals surface area contributed by atoms with Crippen molar-refractivity contribution in [2.45, 2.75) is 110 Å². The summed E-state index contributed by atoms with van der Waals surface area (Å²) in [6.07, 6.45) is 20.5. The maximum atomic E-state index is 12.1. The summed E-state index contributed by atoms with van der Waals surface area (Å²) in [6, 6.07) is 7.33. The van der Waals surface area contributed by atoms with E-state index in [9.17, 15) is 4.79 Å². The fraction of sp³-hybridized carbons (Fsp3) is 0.645. The van der Waals surface area contributed by atoms with Crippen LogP contribution in [0.1, 0.15) is 110 Å². The Morgan fingerprint density at radius 3 is 1.84 bits per heavy atom. The molecule has 1 heterocycles. The summed E-state index contributed by atoms with van der Waals surface area (Å²) >= 11 is 0. The SMILES string of the molecule is CCCCCCCCCCCC(=O)Oc1ccc(-c2ncc(OCCCCOCCCCC)cn2)cc1. The van der Waals surface area contributed by atoms with E-state index in [0.29, 0.717) is 30.4 Å². The summed E-state index contributed by atoms with van der Waals surface area (Å²) in [5, 5.41) is 0. The summed E-state index contributed by atoms with van der Waals surface area (Å²) in [5.41, 5.74) is 0.866. The second-order valence-corrected chi connectivity index (χ2v) is 9.69. The van der Waals surface area contributed by atoms with Gasteiger partial charge in [0.25, 0.3) is 0 Å². The molecule has 0 fully saturated rings. The van der Waals surface area contributed by atoms with Gasteiger partial charge in [0, 0.05) is 25.2 Å². The standard InChI is InChI=1S/C31H48N2O4/c1-3-5-7-8-9-10-11-12-13-17-30(34)37-28-20-18-27(19-21-28)31-32-25-29(26-33-31)36-24-16-15-23-35-22-14-6-4-2/h18-21,25-26H,3-17,22-24H2,1-2H3. The highest BCUT2D eigenvalue weighted by Gasteiger charge is 2.07. The fourth-order valence-electron chi connectivity index (χ4n) is 4.03. The van der Waals surface area contributed by atoms with Crippen molar-refractivity contribution in [2.75, 3.05) is 19.8 Å². The number of ether oxygens (including phenoxy) is 3. The molecule has 0 radical (unpaired) electrons. The second kappa shape index (κ2) is 20.6. The third-order valence-corrected chi connectivity index (χ3v) is 6.30. The van der Waals surface area contributed by atoms with Crippen LogP contribution in [0.2, 0.25) is 0 Å². The number of unbranched alkanes of at least 4 members (excludes halogenated alkanes) is 11. The van der Waals surface area contributed by atoms with Crippen molar-refractivity contribution in [3.63, 3.8) is 0 Å². The van der Waals surface area contributed by atoms with Crippen LogP contribution < -0.4 is 9.47 Å². The number of carbonyl (C=O) groups excluding carboxylic acids is 1. The summed E-state index contributed by atoms with van der Waals surface area (Å²) in [6.45, 7) is 6.70. The van der Waals surface area contributed by atoms with Crippen LogP contribution in [0, 0.1) is 0 Å². The van der Waals surface area contributed by atoms with Crippen molar-refractivity contribution in [2.24, 2.45) is 0 Å². The Labute approximate surface area is 224 Å². The minimum Gasteiger partial charge on any atom is -0.490 e. The van der Waals surface area contributed by atoms with E-state index in [4.69, 9.17) is 14.2 Å². The lowest BCUT2D eigenvalue weighted by Crippen LogP contribution is -2.07. The molecule has 1 aromatic heterocycles. The van der Waals surface area contributed by atoms with Crippen molar-refractivity contribution >= 4 is 5.97 Å². The zero-order valence-electron chi connectivity index (χ0n) is 23.2. The number of benzene rings is 1. The average molecular weight is 513 g/mol. The summed E-state index contributed by atoms with van der Waals surface area (Å²) in [7, 11) is 0. The Morgan fingerprint density at radius 2 is 1.19 bits per heavy atom. The highest BCUT2D eigenvalue weighted by atomic mass is 16.5. The van der Waals surface area contributed by atoms with Gasteiger partial charge >= 0.3 is 5.97 Å². The molecule has 0 aliphatic carbocycles. The van der Waals surface area contributed by atoms with Gasteiger partial charge in [0.15, 0.2) is 11.6 Å². The van der Waals surface area contributed by atoms with Gasteiger partial charge in [-0.2, -0.15) is 0 Å². The molecule has 0 amide bonds. The van der Waals surface area contributed by atoms with Crippen LogP contribution in [0.15, 0.2) is 36.7 Å². The van der Waals surface area contributed by atoms with Crippen molar-refractivity contribution in [1.82, 2.24) is 9.97 Å². The van der Waals surface area contributed by atoms with E-state index in [1.165, 1.54) is 57.8 Å². The predicted octanol–water partition coefficient (Wildman–Crippen LogP) is 8.34. The van der Waals surface area contributed by atoms with Gasteiger partial charge in [-0.1, -0.05) is 78.1 Å². The molecule has 0 bridgehead atoms. The minimum absolute atomic E-state index is 0.170. The van der Waals surface area contributed by atoms with Gasteiger partial charge in [0.2, 0.25) is 0 Å². The van der Waals surface area contributed by atoms with Crippen LogP contribution >= 0.6 is 0 Å². The molecule has 206 valence electrons. The number of aromatic nitrogens is 2. The van der Waals surface area contributed by atoms with Crippen molar-refractivity contribution in [3.8, 4) is 22.9 Å². The van der Waals surface area contributed by atoms with Crippen LogP contribution in [0.5, 0.6) is 11.5 Å². The Morgan fingerprint density at radius 1 is 0.649 bits per heavy atom. The van der Waals surface area contributed by atoms with E-state index in [1.807, 2.05) is 12.1 Å². The number of rotatable bonds is 22. The number of esters is 1. The van der Waals surface area contributed by atoms with Crippen molar-refractivity contribution in [1.29, 1.82) is 0 Å². The molecular formula is C31H48N2O4. The van der Waals surface area contributed by atoms with Gasteiger partial charge < -0.3 is 14.2 Å². The summed E-state index contributed by atoms with van der Waals surface area (Å²) in [5.74, 6) is 1.66. The molecule has 0 unspecified atom stereocenters. The average Bonchev–Trinajstić information content (AvgIpc) is 2.92. The Hall–Kier alpha value is -2.47. The second-order valence-electron chi connectivity index (χ2n) is 9.69. The largest absolute Gasteiger partial charge is 0.490 e. The van der Waals surface area contributed by atoms with E-state index in [1.54, 1.807) is 24.5 Å². The van der Waals surface area contributed by atoms with Crippen LogP contribution in [-0.4, -0.2) is 35.8 Å². The van der Waals surface area contributed by atoms with Crippen LogP contribution in [-0.2, 0) is 9.53 Å². The molecule has 0 spiro atoms. The smallest absolute Gasteiger partial charge is 0.311 e. The molecule has 0 atom stereocenters. The molecule has 1 aromatic carbocycles. The molecule has 6 nitrogen and oxygen atoms in total. The third-order valence-electron chi connectivity index (χ3n) is 6.30. The summed E-state index contributed by atoms with van der Waals surface area (Å²) in [4.78, 5) is 21.0. The fourth-order valence-corrected chi connectivity index (χ4v) is 4.03. The van der Waals surface area contributed by atoms with E-state index in [0.717, 1.165) is 50.9 Å². The molecule has 0 saturated heterocycles. The lowest BCUT2D eigenvalue weighted by molar-refractivity contribution is -0.134. The van der Waals surface area contributed by atoms with Gasteiger partial charge in [-0.25, -0.2) is 9.97 Å². The first-order valence-electron chi connectivity index (χ1n) is 14.6. The van der Waals surface area contributed by atoms with Crippen LogP contribution in [0.25, 0.3) is 11.4 Å². The molecular weight excluding hydrogens is 464 g/mol. The Bertz CT molecular complexity index is 824. The maximum absolute atomic E-state index is 12.1. The molecule has 0 aliphatic heterocycles. The highest BCUT2D eigenvalue weighted by molar-refractivity contribution is 5.72. The maximum Gasteiger partial charge on any atom is 0.311 e. The van der Waals surface area contributed by atoms with Crippen LogP contribution in [0.4, 0.5) is 0 Å². The third kappa shape index (κ3) is 14.8. The monoisotopic (exact) mass is 512 g/mol. The van der Waals surface area contributed by atoms with Crippen LogP contribution in [0.3, 0.4) is 0 Å². The number of hydrogen-bond acceptors (Lipinski definition) is 6. The van der Waals surface area contributed by atoms with E-state index in [-0.39, 0.29) is 5.97 Å². The Kier molecular flexibility index (Phi) is 17.1. The zero-order chi connectivity index (χ0) is 26.4. The van der Waals surface area contributed by atoms with E-state index in [2.05, 4.69) is 23.8 Å². The molecule has 0 N–H and O–H groups in total. The molecule has 2 rings (SSSR count). The van der Waals surface area contributed by atoms with Crippen molar-refractivity contribution in [3.05, 3.63) is 36.7 Å². The van der Waals surface area contributed by atoms with Crippen molar-refractivity contribution < 1.29 is 19.0 Å². The van der Waals surface area contributed by atoms with Gasteiger partial charge in [0.05, 0.1) is 19.0 Å². The predicted molar refractivity (Wildman–Crippen MR) is 150 cm³/mol. The van der Waals surface area contributed by atoms with Gasteiger partial charge in [-0.15, -0.1) is 0 Å². The first-order chi connectivity index (χ1) is 18.2. The van der Waals surface area contributed by atoms with E-state index < -0.39 is 0 Å². The van der Waals surface area contributed by atoms with Gasteiger partial charge in [-0.05, 0) is 49.9 Å². The number of carbonyl (C=O) groups is 1. The zero-order valence-corrected chi connectivity index (χ0v) is 23.2. The molecule has 37 heavy (non-hydrogen) atoms. The highest BCUT2D eigenvalue weighted by Crippen LogP contribution is 2.21. The topological polar surface area (TPSA) is 70.5 Å². The van der Waals surface area contributed by atoms with Gasteiger partial charge in [0.1, 0.15) is 5.75 Å². The first-order valence-corrected chi connectivity index (χ1v) is 14.6. The lowest BCUT2D eigenvalue weighted by atomic mass is 10.1.